The van der Waals surface area contributed by atoms with E-state index in [9.17, 15) is 0 Å². The van der Waals surface area contributed by atoms with Crippen LogP contribution in [0.15, 0.2) is 47.6 Å². The molecule has 0 fully saturated rings. The summed E-state index contributed by atoms with van der Waals surface area (Å²) in [6, 6.07) is 8.06. The number of pyridine rings is 2. The van der Waals surface area contributed by atoms with Crippen molar-refractivity contribution < 1.29 is 0 Å². The smallest absolute Gasteiger partial charge is 0.0895 e. The Bertz CT molecular complexity index is 828. The Morgan fingerprint density at radius 3 is 2.57 bits per heavy atom. The molecule has 0 atom stereocenters. The van der Waals surface area contributed by atoms with Crippen LogP contribution < -0.4 is 0 Å². The Balaban J connectivity index is 2.22. The van der Waals surface area contributed by atoms with Crippen molar-refractivity contribution in [3.63, 3.8) is 0 Å². The largest absolute Gasteiger partial charge is 0.308 e. The highest BCUT2D eigenvalue weighted by molar-refractivity contribution is 7.17. The molecule has 3 rings (SSSR count). The number of fused-ring (bicyclic) bond motifs is 1. The van der Waals surface area contributed by atoms with Crippen LogP contribution in [0.1, 0.15) is 19.5 Å². The molecule has 0 aliphatic heterocycles. The second-order valence-corrected chi connectivity index (χ2v) is 5.90. The molecule has 0 saturated carbocycles. The van der Waals surface area contributed by atoms with Crippen LogP contribution in [0, 0.1) is 5.41 Å². The molecule has 0 aliphatic rings. The van der Waals surface area contributed by atoms with E-state index in [0.717, 1.165) is 38.2 Å². The molecular weight excluding hydrogens is 278 g/mol. The third-order valence-corrected chi connectivity index (χ3v) is 4.30. The standard InChI is InChI=1S/C17H15N3S/c1-11(2)13(9-18)15-3-4-16-17(20-15)14(10-21-16)12-5-7-19-8-6-12/h3-10,18H,1-2H3. The fourth-order valence-corrected chi connectivity index (χ4v) is 3.18. The number of allylic oxidation sites excluding steroid dienone is 2. The molecule has 3 heterocycles. The SMILES string of the molecule is CC(C)=C(C=N)c1ccc2scc(-c3ccncc3)c2n1. The second-order valence-electron chi connectivity index (χ2n) is 4.99. The van der Waals surface area contributed by atoms with Crippen molar-refractivity contribution in [1.82, 2.24) is 9.97 Å². The molecule has 0 spiro atoms. The van der Waals surface area contributed by atoms with Crippen LogP contribution in [0.4, 0.5) is 0 Å². The summed E-state index contributed by atoms with van der Waals surface area (Å²) < 4.78 is 1.16. The first kappa shape index (κ1) is 13.6. The van der Waals surface area contributed by atoms with Crippen molar-refractivity contribution in [2.45, 2.75) is 13.8 Å². The number of nitrogens with zero attached hydrogens (tertiary/aromatic N) is 2. The molecule has 3 aromatic rings. The van der Waals surface area contributed by atoms with Crippen molar-refractivity contribution in [3.05, 3.63) is 53.3 Å². The van der Waals surface area contributed by atoms with E-state index in [4.69, 9.17) is 10.4 Å². The lowest BCUT2D eigenvalue weighted by molar-refractivity contribution is 1.31. The number of nitrogens with one attached hydrogen (secondary N) is 1. The first-order valence-electron chi connectivity index (χ1n) is 6.67. The lowest BCUT2D eigenvalue weighted by atomic mass is 10.1. The fourth-order valence-electron chi connectivity index (χ4n) is 2.27. The molecule has 0 bridgehead atoms. The van der Waals surface area contributed by atoms with Crippen LogP contribution in [-0.4, -0.2) is 16.2 Å². The molecular formula is C17H15N3S. The highest BCUT2D eigenvalue weighted by Gasteiger charge is 2.10. The number of hydrogen-bond donors (Lipinski definition) is 1. The zero-order valence-corrected chi connectivity index (χ0v) is 12.7. The molecule has 21 heavy (non-hydrogen) atoms. The number of aromatic nitrogens is 2. The molecule has 0 unspecified atom stereocenters. The summed E-state index contributed by atoms with van der Waals surface area (Å²) in [6.07, 6.45) is 4.96. The van der Waals surface area contributed by atoms with E-state index in [0.29, 0.717) is 0 Å². The lowest BCUT2D eigenvalue weighted by Gasteiger charge is -2.05. The van der Waals surface area contributed by atoms with Gasteiger partial charge in [0.05, 0.1) is 15.9 Å². The molecule has 0 aliphatic carbocycles. The van der Waals surface area contributed by atoms with Crippen molar-refractivity contribution >= 4 is 33.3 Å². The van der Waals surface area contributed by atoms with E-state index >= 15 is 0 Å². The Morgan fingerprint density at radius 2 is 1.90 bits per heavy atom. The minimum atomic E-state index is 0.853. The van der Waals surface area contributed by atoms with Crippen LogP contribution in [0.2, 0.25) is 0 Å². The van der Waals surface area contributed by atoms with Gasteiger partial charge < -0.3 is 5.41 Å². The zero-order valence-electron chi connectivity index (χ0n) is 11.9. The van der Waals surface area contributed by atoms with E-state index in [1.807, 2.05) is 32.0 Å². The van der Waals surface area contributed by atoms with Gasteiger partial charge in [-0.15, -0.1) is 11.3 Å². The van der Waals surface area contributed by atoms with Gasteiger partial charge in [0, 0.05) is 35.1 Å². The van der Waals surface area contributed by atoms with Crippen molar-refractivity contribution in [2.24, 2.45) is 0 Å². The minimum absolute atomic E-state index is 0.853. The third kappa shape index (κ3) is 2.50. The topological polar surface area (TPSA) is 49.6 Å². The van der Waals surface area contributed by atoms with Crippen molar-refractivity contribution in [1.29, 1.82) is 5.41 Å². The molecule has 0 saturated heterocycles. The van der Waals surface area contributed by atoms with Gasteiger partial charge >= 0.3 is 0 Å². The summed E-state index contributed by atoms with van der Waals surface area (Å²) in [4.78, 5) is 8.85. The summed E-state index contributed by atoms with van der Waals surface area (Å²) in [7, 11) is 0. The molecule has 0 amide bonds. The Labute approximate surface area is 127 Å². The van der Waals surface area contributed by atoms with Gasteiger partial charge in [-0.25, -0.2) is 4.98 Å². The number of rotatable bonds is 3. The van der Waals surface area contributed by atoms with Crippen LogP contribution in [0.25, 0.3) is 26.9 Å². The van der Waals surface area contributed by atoms with E-state index in [1.54, 1.807) is 23.7 Å². The highest BCUT2D eigenvalue weighted by atomic mass is 32.1. The minimum Gasteiger partial charge on any atom is -0.308 e. The van der Waals surface area contributed by atoms with E-state index in [1.165, 1.54) is 6.21 Å². The van der Waals surface area contributed by atoms with Gasteiger partial charge in [-0.3, -0.25) is 4.98 Å². The van der Waals surface area contributed by atoms with Gasteiger partial charge in [0.15, 0.2) is 0 Å². The number of hydrogen-bond acceptors (Lipinski definition) is 4. The van der Waals surface area contributed by atoms with Gasteiger partial charge in [0.2, 0.25) is 0 Å². The Hall–Kier alpha value is -2.33. The highest BCUT2D eigenvalue weighted by Crippen LogP contribution is 2.33. The van der Waals surface area contributed by atoms with Crippen LogP contribution in [0.5, 0.6) is 0 Å². The molecule has 1 N–H and O–H groups in total. The van der Waals surface area contributed by atoms with E-state index in [-0.39, 0.29) is 0 Å². The molecule has 0 aromatic carbocycles. The average Bonchev–Trinajstić information content (AvgIpc) is 2.92. The number of thiophene rings is 1. The third-order valence-electron chi connectivity index (χ3n) is 3.37. The van der Waals surface area contributed by atoms with Crippen molar-refractivity contribution in [3.8, 4) is 11.1 Å². The first-order chi connectivity index (χ1) is 10.2. The van der Waals surface area contributed by atoms with Gasteiger partial charge in [0.25, 0.3) is 0 Å². The van der Waals surface area contributed by atoms with Crippen LogP contribution in [0.3, 0.4) is 0 Å². The lowest BCUT2D eigenvalue weighted by Crippen LogP contribution is -1.92. The zero-order chi connectivity index (χ0) is 14.8. The summed E-state index contributed by atoms with van der Waals surface area (Å²) >= 11 is 1.69. The maximum absolute atomic E-state index is 7.59. The molecule has 3 nitrogen and oxygen atoms in total. The summed E-state index contributed by atoms with van der Waals surface area (Å²) in [5.74, 6) is 0. The summed E-state index contributed by atoms with van der Waals surface area (Å²) in [6.45, 7) is 4.01. The predicted molar refractivity (Wildman–Crippen MR) is 89.9 cm³/mol. The van der Waals surface area contributed by atoms with Gasteiger partial charge in [-0.05, 0) is 43.7 Å². The quantitative estimate of drug-likeness (QED) is 0.705. The average molecular weight is 293 g/mol. The predicted octanol–water partition coefficient (Wildman–Crippen LogP) is 4.80. The van der Waals surface area contributed by atoms with E-state index in [2.05, 4.69) is 16.4 Å². The monoisotopic (exact) mass is 293 g/mol. The molecule has 4 heteroatoms. The first-order valence-corrected chi connectivity index (χ1v) is 7.55. The van der Waals surface area contributed by atoms with Gasteiger partial charge in [0.1, 0.15) is 0 Å². The normalized spacial score (nSPS) is 10.6. The van der Waals surface area contributed by atoms with Gasteiger partial charge in [-0.1, -0.05) is 5.57 Å². The second kappa shape index (κ2) is 5.58. The summed E-state index contributed by atoms with van der Waals surface area (Å²) in [5.41, 5.74) is 6.06. The van der Waals surface area contributed by atoms with Crippen LogP contribution >= 0.6 is 11.3 Å². The molecule has 3 aromatic heterocycles. The maximum Gasteiger partial charge on any atom is 0.0895 e. The molecule has 0 radical (unpaired) electrons. The Kier molecular flexibility index (Phi) is 3.62. The Morgan fingerprint density at radius 1 is 1.14 bits per heavy atom. The van der Waals surface area contributed by atoms with Crippen molar-refractivity contribution in [2.75, 3.05) is 0 Å². The molecule has 104 valence electrons. The fraction of sp³-hybridized carbons (Fsp3) is 0.118. The summed E-state index contributed by atoms with van der Waals surface area (Å²) in [5, 5.41) is 9.72. The van der Waals surface area contributed by atoms with E-state index < -0.39 is 0 Å². The van der Waals surface area contributed by atoms with Crippen LogP contribution in [-0.2, 0) is 0 Å². The maximum atomic E-state index is 7.59. The van der Waals surface area contributed by atoms with Gasteiger partial charge in [-0.2, -0.15) is 0 Å².